The van der Waals surface area contributed by atoms with E-state index in [0.29, 0.717) is 49.4 Å². The summed E-state index contributed by atoms with van der Waals surface area (Å²) in [6, 6.07) is 4.21. The first kappa shape index (κ1) is 21.4. The second-order valence-electron chi connectivity index (χ2n) is 6.55. The summed E-state index contributed by atoms with van der Waals surface area (Å²) in [7, 11) is 3.57. The van der Waals surface area contributed by atoms with Gasteiger partial charge in [-0.1, -0.05) is 0 Å². The van der Waals surface area contributed by atoms with E-state index >= 15 is 0 Å². The van der Waals surface area contributed by atoms with Gasteiger partial charge in [-0.15, -0.1) is 13.2 Å². The zero-order chi connectivity index (χ0) is 21.7. The maximum Gasteiger partial charge on any atom is 0.573 e. The lowest BCUT2D eigenvalue weighted by Gasteiger charge is -2.28. The van der Waals surface area contributed by atoms with Crippen molar-refractivity contribution in [2.24, 2.45) is 0 Å². The lowest BCUT2D eigenvalue weighted by molar-refractivity contribution is -0.274. The van der Waals surface area contributed by atoms with Crippen LogP contribution >= 0.6 is 0 Å². The maximum absolute atomic E-state index is 12.3. The number of alkyl halides is 3. The number of hydrogen-bond acceptors (Lipinski definition) is 7. The summed E-state index contributed by atoms with van der Waals surface area (Å²) in [5.74, 6) is 0.666. The van der Waals surface area contributed by atoms with E-state index in [1.54, 1.807) is 19.0 Å². The molecule has 1 saturated heterocycles. The Bertz CT molecular complexity index is 870. The molecule has 0 atom stereocenters. The fourth-order valence-electron chi connectivity index (χ4n) is 2.73. The standard InChI is InChI=1S/C18H21F3N6O3/c1-26(2)15-14(11-22-16(25-15)27-7-9-29-10-8-27)24-17(28)23-12-3-5-13(6-4-12)30-18(19,20)21/h3-6,11H,7-10H2,1-2H3,(H2,23,24,28). The second kappa shape index (κ2) is 9.03. The van der Waals surface area contributed by atoms with E-state index in [9.17, 15) is 18.0 Å². The van der Waals surface area contributed by atoms with E-state index in [2.05, 4.69) is 25.3 Å². The van der Waals surface area contributed by atoms with Gasteiger partial charge < -0.3 is 29.9 Å². The molecule has 9 nitrogen and oxygen atoms in total. The van der Waals surface area contributed by atoms with Gasteiger partial charge in [-0.3, -0.25) is 0 Å². The quantitative estimate of drug-likeness (QED) is 0.760. The number of aromatic nitrogens is 2. The first-order valence-electron chi connectivity index (χ1n) is 9.02. The molecule has 30 heavy (non-hydrogen) atoms. The highest BCUT2D eigenvalue weighted by Crippen LogP contribution is 2.26. The number of carbonyl (C=O) groups is 1. The number of morpholine rings is 1. The van der Waals surface area contributed by atoms with Crippen molar-refractivity contribution in [3.8, 4) is 5.75 Å². The smallest absolute Gasteiger partial charge is 0.406 e. The minimum absolute atomic E-state index is 0.291. The molecule has 1 aliphatic heterocycles. The van der Waals surface area contributed by atoms with Crippen LogP contribution in [0.3, 0.4) is 0 Å². The van der Waals surface area contributed by atoms with Gasteiger partial charge >= 0.3 is 12.4 Å². The topological polar surface area (TPSA) is 91.9 Å². The Morgan fingerprint density at radius 2 is 1.83 bits per heavy atom. The van der Waals surface area contributed by atoms with Crippen LogP contribution in [0.4, 0.5) is 41.1 Å². The number of ether oxygens (including phenoxy) is 2. The van der Waals surface area contributed by atoms with Crippen LogP contribution in [0, 0.1) is 0 Å². The number of carbonyl (C=O) groups excluding carboxylic acids is 1. The van der Waals surface area contributed by atoms with Crippen LogP contribution in [0.25, 0.3) is 0 Å². The second-order valence-corrected chi connectivity index (χ2v) is 6.55. The molecule has 0 saturated carbocycles. The van der Waals surface area contributed by atoms with Gasteiger partial charge in [0, 0.05) is 32.9 Å². The summed E-state index contributed by atoms with van der Waals surface area (Å²) >= 11 is 0. The number of halogens is 3. The molecule has 2 aromatic rings. The minimum atomic E-state index is -4.78. The highest BCUT2D eigenvalue weighted by Gasteiger charge is 2.31. The van der Waals surface area contributed by atoms with Crippen molar-refractivity contribution in [3.05, 3.63) is 30.5 Å². The van der Waals surface area contributed by atoms with Crippen LogP contribution in [0.1, 0.15) is 0 Å². The van der Waals surface area contributed by atoms with Gasteiger partial charge in [0.25, 0.3) is 0 Å². The molecule has 0 unspecified atom stereocenters. The Labute approximate surface area is 170 Å². The number of rotatable bonds is 5. The maximum atomic E-state index is 12.3. The van der Waals surface area contributed by atoms with E-state index in [4.69, 9.17) is 4.74 Å². The molecule has 0 radical (unpaired) electrons. The van der Waals surface area contributed by atoms with Crippen molar-refractivity contribution < 1.29 is 27.4 Å². The number of nitrogens with one attached hydrogen (secondary N) is 2. The summed E-state index contributed by atoms with van der Waals surface area (Å²) < 4.78 is 45.8. The molecule has 0 spiro atoms. The third kappa shape index (κ3) is 5.86. The zero-order valence-electron chi connectivity index (χ0n) is 16.4. The molecule has 2 heterocycles. The first-order valence-corrected chi connectivity index (χ1v) is 9.02. The Morgan fingerprint density at radius 3 is 2.43 bits per heavy atom. The van der Waals surface area contributed by atoms with Crippen LogP contribution in [0.2, 0.25) is 0 Å². The van der Waals surface area contributed by atoms with Gasteiger partial charge in [0.1, 0.15) is 11.4 Å². The van der Waals surface area contributed by atoms with Crippen LogP contribution in [-0.4, -0.2) is 62.8 Å². The Kier molecular flexibility index (Phi) is 6.45. The largest absolute Gasteiger partial charge is 0.573 e. The molecule has 1 aromatic heterocycles. The molecule has 1 aliphatic rings. The number of benzene rings is 1. The number of amides is 2. The van der Waals surface area contributed by atoms with Gasteiger partial charge in [0.2, 0.25) is 5.95 Å². The van der Waals surface area contributed by atoms with Crippen LogP contribution in [-0.2, 0) is 4.74 Å². The fraction of sp³-hybridized carbons (Fsp3) is 0.389. The van der Waals surface area contributed by atoms with Crippen LogP contribution < -0.4 is 25.2 Å². The molecule has 162 valence electrons. The van der Waals surface area contributed by atoms with E-state index in [1.807, 2.05) is 4.90 Å². The summed E-state index contributed by atoms with van der Waals surface area (Å²) in [6.45, 7) is 2.54. The summed E-state index contributed by atoms with van der Waals surface area (Å²) in [5.41, 5.74) is 0.672. The monoisotopic (exact) mass is 426 g/mol. The Morgan fingerprint density at radius 1 is 1.17 bits per heavy atom. The summed E-state index contributed by atoms with van der Waals surface area (Å²) in [6.07, 6.45) is -3.27. The number of hydrogen-bond donors (Lipinski definition) is 2. The molecule has 2 amide bonds. The van der Waals surface area contributed by atoms with E-state index < -0.39 is 12.4 Å². The van der Waals surface area contributed by atoms with Crippen molar-refractivity contribution in [3.63, 3.8) is 0 Å². The van der Waals surface area contributed by atoms with Gasteiger partial charge in [0.05, 0.1) is 19.4 Å². The molecule has 2 N–H and O–H groups in total. The van der Waals surface area contributed by atoms with Crippen molar-refractivity contribution in [1.82, 2.24) is 9.97 Å². The highest BCUT2D eigenvalue weighted by molar-refractivity contribution is 6.01. The molecule has 0 bridgehead atoms. The number of anilines is 4. The van der Waals surface area contributed by atoms with E-state index in [0.717, 1.165) is 12.1 Å². The SMILES string of the molecule is CN(C)c1nc(N2CCOCC2)ncc1NC(=O)Nc1ccc(OC(F)(F)F)cc1. The average molecular weight is 426 g/mol. The lowest BCUT2D eigenvalue weighted by atomic mass is 10.3. The summed E-state index contributed by atoms with van der Waals surface area (Å²) in [4.78, 5) is 24.9. The van der Waals surface area contributed by atoms with Gasteiger partial charge in [-0.2, -0.15) is 4.98 Å². The van der Waals surface area contributed by atoms with Crippen LogP contribution in [0.15, 0.2) is 30.5 Å². The van der Waals surface area contributed by atoms with Gasteiger partial charge in [-0.25, -0.2) is 9.78 Å². The predicted molar refractivity (Wildman–Crippen MR) is 105 cm³/mol. The highest BCUT2D eigenvalue weighted by atomic mass is 19.4. The fourth-order valence-corrected chi connectivity index (χ4v) is 2.73. The third-order valence-electron chi connectivity index (χ3n) is 4.07. The van der Waals surface area contributed by atoms with Gasteiger partial charge in [0.15, 0.2) is 5.82 Å². The third-order valence-corrected chi connectivity index (χ3v) is 4.07. The molecule has 1 aromatic carbocycles. The lowest BCUT2D eigenvalue weighted by Crippen LogP contribution is -2.37. The minimum Gasteiger partial charge on any atom is -0.406 e. The molecule has 12 heteroatoms. The zero-order valence-corrected chi connectivity index (χ0v) is 16.4. The molecule has 1 fully saturated rings. The predicted octanol–water partition coefficient (Wildman–Crippen LogP) is 2.92. The van der Waals surface area contributed by atoms with Crippen molar-refractivity contribution in [1.29, 1.82) is 0 Å². The van der Waals surface area contributed by atoms with Gasteiger partial charge in [-0.05, 0) is 24.3 Å². The normalized spacial score (nSPS) is 14.2. The van der Waals surface area contributed by atoms with E-state index in [-0.39, 0.29) is 5.75 Å². The molecular formula is C18H21F3N6O3. The molecular weight excluding hydrogens is 405 g/mol. The molecule has 0 aliphatic carbocycles. The Hall–Kier alpha value is -3.28. The first-order chi connectivity index (χ1) is 14.2. The van der Waals surface area contributed by atoms with Crippen molar-refractivity contribution >= 4 is 29.2 Å². The van der Waals surface area contributed by atoms with E-state index in [1.165, 1.54) is 18.3 Å². The van der Waals surface area contributed by atoms with Crippen molar-refractivity contribution in [2.75, 3.05) is 60.8 Å². The summed E-state index contributed by atoms with van der Waals surface area (Å²) in [5, 5.41) is 5.19. The molecule has 3 rings (SSSR count). The number of nitrogens with zero attached hydrogens (tertiary/aromatic N) is 4. The average Bonchev–Trinajstić information content (AvgIpc) is 2.69. The number of urea groups is 1. The Balaban J connectivity index is 1.66. The van der Waals surface area contributed by atoms with Crippen LogP contribution in [0.5, 0.6) is 5.75 Å². The van der Waals surface area contributed by atoms with Crippen molar-refractivity contribution in [2.45, 2.75) is 6.36 Å².